The molecule has 0 amide bonds. The first-order valence-electron chi connectivity index (χ1n) is 7.21. The summed E-state index contributed by atoms with van der Waals surface area (Å²) in [4.78, 5) is 0. The molecule has 0 fully saturated rings. The van der Waals surface area contributed by atoms with Gasteiger partial charge in [0.2, 0.25) is 0 Å². The van der Waals surface area contributed by atoms with Gasteiger partial charge in [-0.3, -0.25) is 0 Å². The molecule has 0 aliphatic carbocycles. The number of methoxy groups -OCH3 is 2. The molecule has 0 aromatic heterocycles. The molecule has 0 unspecified atom stereocenters. The second-order valence-corrected chi connectivity index (χ2v) is 7.57. The molecule has 0 heterocycles. The highest BCUT2D eigenvalue weighted by molar-refractivity contribution is 5.45. The second-order valence-electron chi connectivity index (χ2n) is 7.57. The van der Waals surface area contributed by atoms with Crippen molar-refractivity contribution in [3.05, 3.63) is 23.8 Å². The van der Waals surface area contributed by atoms with E-state index < -0.39 is 0 Å². The first-order chi connectivity index (χ1) is 8.99. The minimum Gasteiger partial charge on any atom is -0.493 e. The van der Waals surface area contributed by atoms with Gasteiger partial charge < -0.3 is 9.47 Å². The van der Waals surface area contributed by atoms with Gasteiger partial charge in [0.15, 0.2) is 11.5 Å². The monoisotopic (exact) mass is 278 g/mol. The van der Waals surface area contributed by atoms with Gasteiger partial charge in [-0.05, 0) is 33.9 Å². The standard InChI is InChI=1S/C18H30O2/c1-16(2,3)18(6,7)17(4,5)13-10-11-14(19-8)15(12-13)20-9/h10-12H,1-9H3. The minimum atomic E-state index is 0.0187. The summed E-state index contributed by atoms with van der Waals surface area (Å²) in [5.41, 5.74) is 1.61. The van der Waals surface area contributed by atoms with Crippen molar-refractivity contribution in [1.29, 1.82) is 0 Å². The molecule has 2 heteroatoms. The highest BCUT2D eigenvalue weighted by Gasteiger charge is 2.46. The Morgan fingerprint density at radius 2 is 1.25 bits per heavy atom. The molecular formula is C18H30O2. The van der Waals surface area contributed by atoms with E-state index in [1.54, 1.807) is 14.2 Å². The molecule has 114 valence electrons. The first kappa shape index (κ1) is 16.9. The van der Waals surface area contributed by atoms with Gasteiger partial charge in [0.25, 0.3) is 0 Å². The Labute approximate surface area is 124 Å². The fraction of sp³-hybridized carbons (Fsp3) is 0.667. The number of benzene rings is 1. The number of hydrogen-bond donors (Lipinski definition) is 0. The molecule has 0 bridgehead atoms. The summed E-state index contributed by atoms with van der Waals surface area (Å²) >= 11 is 0. The molecule has 0 spiro atoms. The predicted molar refractivity (Wildman–Crippen MR) is 85.8 cm³/mol. The lowest BCUT2D eigenvalue weighted by Gasteiger charge is -2.51. The van der Waals surface area contributed by atoms with Crippen LogP contribution in [0.15, 0.2) is 18.2 Å². The molecule has 0 atom stereocenters. The van der Waals surface area contributed by atoms with E-state index in [1.165, 1.54) is 5.56 Å². The maximum absolute atomic E-state index is 5.45. The lowest BCUT2D eigenvalue weighted by Crippen LogP contribution is -2.45. The Bertz CT molecular complexity index is 465. The minimum absolute atomic E-state index is 0.0187. The van der Waals surface area contributed by atoms with Crippen LogP contribution in [0.5, 0.6) is 11.5 Å². The summed E-state index contributed by atoms with van der Waals surface area (Å²) in [5, 5.41) is 0. The molecule has 1 rings (SSSR count). The molecule has 1 aromatic carbocycles. The molecule has 0 aliphatic heterocycles. The molecule has 1 aromatic rings. The van der Waals surface area contributed by atoms with Gasteiger partial charge >= 0.3 is 0 Å². The Morgan fingerprint density at radius 1 is 0.750 bits per heavy atom. The third-order valence-electron chi connectivity index (χ3n) is 5.54. The first-order valence-corrected chi connectivity index (χ1v) is 7.21. The van der Waals surface area contributed by atoms with E-state index in [2.05, 4.69) is 60.6 Å². The largest absolute Gasteiger partial charge is 0.493 e. The smallest absolute Gasteiger partial charge is 0.161 e. The zero-order valence-electron chi connectivity index (χ0n) is 14.5. The average Bonchev–Trinajstić information content (AvgIpc) is 2.36. The molecule has 20 heavy (non-hydrogen) atoms. The maximum atomic E-state index is 5.45. The Kier molecular flexibility index (Phi) is 4.48. The highest BCUT2D eigenvalue weighted by Crippen LogP contribution is 2.53. The number of rotatable bonds is 4. The number of ether oxygens (including phenoxy) is 2. The molecular weight excluding hydrogens is 248 g/mol. The lowest BCUT2D eigenvalue weighted by molar-refractivity contribution is 0.0454. The zero-order valence-corrected chi connectivity index (χ0v) is 14.5. The molecule has 0 saturated heterocycles. The van der Waals surface area contributed by atoms with Crippen LogP contribution in [-0.2, 0) is 5.41 Å². The van der Waals surface area contributed by atoms with Crippen LogP contribution in [-0.4, -0.2) is 14.2 Å². The highest BCUT2D eigenvalue weighted by atomic mass is 16.5. The fourth-order valence-corrected chi connectivity index (χ4v) is 2.52. The van der Waals surface area contributed by atoms with Crippen LogP contribution in [0.25, 0.3) is 0 Å². The summed E-state index contributed by atoms with van der Waals surface area (Å²) < 4.78 is 10.8. The van der Waals surface area contributed by atoms with Crippen molar-refractivity contribution in [2.75, 3.05) is 14.2 Å². The van der Waals surface area contributed by atoms with E-state index in [-0.39, 0.29) is 16.2 Å². The van der Waals surface area contributed by atoms with Crippen molar-refractivity contribution in [1.82, 2.24) is 0 Å². The van der Waals surface area contributed by atoms with Crippen molar-refractivity contribution < 1.29 is 9.47 Å². The average molecular weight is 278 g/mol. The van der Waals surface area contributed by atoms with Gasteiger partial charge in [-0.1, -0.05) is 54.5 Å². The van der Waals surface area contributed by atoms with E-state index in [4.69, 9.17) is 9.47 Å². The van der Waals surface area contributed by atoms with E-state index in [0.29, 0.717) is 0 Å². The van der Waals surface area contributed by atoms with Crippen LogP contribution in [0.2, 0.25) is 0 Å². The van der Waals surface area contributed by atoms with Gasteiger partial charge in [0.05, 0.1) is 14.2 Å². The summed E-state index contributed by atoms with van der Waals surface area (Å²) in [6.45, 7) is 16.2. The van der Waals surface area contributed by atoms with Crippen molar-refractivity contribution in [3.8, 4) is 11.5 Å². The summed E-state index contributed by atoms with van der Waals surface area (Å²) in [7, 11) is 3.35. The van der Waals surface area contributed by atoms with E-state index >= 15 is 0 Å². The molecule has 0 radical (unpaired) electrons. The molecule has 2 nitrogen and oxygen atoms in total. The normalized spacial score (nSPS) is 13.2. The summed E-state index contributed by atoms with van der Waals surface area (Å²) in [6, 6.07) is 6.25. The predicted octanol–water partition coefficient (Wildman–Crippen LogP) is 5.05. The maximum Gasteiger partial charge on any atom is 0.161 e. The summed E-state index contributed by atoms with van der Waals surface area (Å²) in [5.74, 6) is 1.57. The van der Waals surface area contributed by atoms with Crippen LogP contribution in [0.4, 0.5) is 0 Å². The van der Waals surface area contributed by atoms with Gasteiger partial charge in [-0.25, -0.2) is 0 Å². The SMILES string of the molecule is COc1ccc(C(C)(C)C(C)(C)C(C)(C)C)cc1OC. The molecule has 0 N–H and O–H groups in total. The Hall–Kier alpha value is -1.18. The van der Waals surface area contributed by atoms with Crippen LogP contribution < -0.4 is 9.47 Å². The molecule has 0 saturated carbocycles. The fourth-order valence-electron chi connectivity index (χ4n) is 2.52. The third-order valence-corrected chi connectivity index (χ3v) is 5.54. The van der Waals surface area contributed by atoms with Crippen LogP contribution in [0.3, 0.4) is 0 Å². The van der Waals surface area contributed by atoms with Gasteiger partial charge in [0, 0.05) is 0 Å². The van der Waals surface area contributed by atoms with Gasteiger partial charge in [-0.15, -0.1) is 0 Å². The van der Waals surface area contributed by atoms with Crippen molar-refractivity contribution in [3.63, 3.8) is 0 Å². The van der Waals surface area contributed by atoms with E-state index in [1.807, 2.05) is 6.07 Å². The third kappa shape index (κ3) is 2.65. The second kappa shape index (κ2) is 5.31. The topological polar surface area (TPSA) is 18.5 Å². The zero-order chi connectivity index (χ0) is 15.8. The van der Waals surface area contributed by atoms with E-state index in [0.717, 1.165) is 11.5 Å². The van der Waals surface area contributed by atoms with Crippen LogP contribution >= 0.6 is 0 Å². The van der Waals surface area contributed by atoms with Crippen molar-refractivity contribution in [2.45, 2.75) is 53.9 Å². The van der Waals surface area contributed by atoms with Gasteiger partial charge in [0.1, 0.15) is 0 Å². The van der Waals surface area contributed by atoms with Crippen molar-refractivity contribution >= 4 is 0 Å². The van der Waals surface area contributed by atoms with E-state index in [9.17, 15) is 0 Å². The summed E-state index contributed by atoms with van der Waals surface area (Å²) in [6.07, 6.45) is 0. The lowest BCUT2D eigenvalue weighted by atomic mass is 9.53. The Balaban J connectivity index is 3.36. The van der Waals surface area contributed by atoms with Crippen LogP contribution in [0, 0.1) is 10.8 Å². The Morgan fingerprint density at radius 3 is 1.65 bits per heavy atom. The van der Waals surface area contributed by atoms with Gasteiger partial charge in [-0.2, -0.15) is 0 Å². The van der Waals surface area contributed by atoms with Crippen molar-refractivity contribution in [2.24, 2.45) is 10.8 Å². The number of hydrogen-bond acceptors (Lipinski definition) is 2. The van der Waals surface area contributed by atoms with Crippen LogP contribution in [0.1, 0.15) is 54.0 Å². The molecule has 0 aliphatic rings. The quantitative estimate of drug-likeness (QED) is 0.767.